The van der Waals surface area contributed by atoms with Gasteiger partial charge in [-0.1, -0.05) is 63.4 Å². The Morgan fingerprint density at radius 1 is 1.00 bits per heavy atom. The van der Waals surface area contributed by atoms with Crippen LogP contribution < -0.4 is 0 Å². The molecule has 2 aromatic carbocycles. The maximum absolute atomic E-state index is 6.14. The molecule has 0 radical (unpaired) electrons. The van der Waals surface area contributed by atoms with E-state index in [1.807, 2.05) is 6.07 Å². The summed E-state index contributed by atoms with van der Waals surface area (Å²) in [5.41, 5.74) is 3.99. The fraction of sp³-hybridized carbons (Fsp3) is 0.0667. The molecule has 0 saturated heterocycles. The van der Waals surface area contributed by atoms with Gasteiger partial charge in [0.2, 0.25) is 0 Å². The van der Waals surface area contributed by atoms with Crippen molar-refractivity contribution in [2.24, 2.45) is 0 Å². The van der Waals surface area contributed by atoms with Gasteiger partial charge in [-0.15, -0.1) is 0 Å². The highest BCUT2D eigenvalue weighted by molar-refractivity contribution is 9.08. The molecule has 0 N–H and O–H groups in total. The third-order valence-electron chi connectivity index (χ3n) is 3.05. The van der Waals surface area contributed by atoms with Crippen molar-refractivity contribution in [1.29, 1.82) is 0 Å². The molecular weight excluding hydrogens is 347 g/mol. The zero-order valence-corrected chi connectivity index (χ0v) is 12.9. The van der Waals surface area contributed by atoms with E-state index in [0.717, 1.165) is 21.8 Å². The van der Waals surface area contributed by atoms with Gasteiger partial charge in [-0.2, -0.15) is 0 Å². The smallest absolute Gasteiger partial charge is 0.154 e. The lowest BCUT2D eigenvalue weighted by atomic mass is 10.0. The van der Waals surface area contributed by atoms with Crippen molar-refractivity contribution >= 4 is 50.1 Å². The first-order valence-corrected chi connectivity index (χ1v) is 7.59. The average Bonchev–Trinajstić information content (AvgIpc) is 2.87. The molecule has 3 aromatic rings. The van der Waals surface area contributed by atoms with Crippen LogP contribution in [0.5, 0.6) is 0 Å². The SMILES string of the molecule is Clc1ccc2c(-c3ccc(CBr)cc3)coc2c1Cl. The minimum Gasteiger partial charge on any atom is -0.462 e. The molecule has 0 fully saturated rings. The number of hydrogen-bond acceptors (Lipinski definition) is 1. The Hall–Kier alpha value is -0.960. The molecule has 0 aliphatic heterocycles. The van der Waals surface area contributed by atoms with Gasteiger partial charge in [0.1, 0.15) is 5.02 Å². The van der Waals surface area contributed by atoms with E-state index in [4.69, 9.17) is 27.6 Å². The van der Waals surface area contributed by atoms with Crippen LogP contribution in [0.3, 0.4) is 0 Å². The fourth-order valence-corrected chi connectivity index (χ4v) is 2.77. The third-order valence-corrected chi connectivity index (χ3v) is 4.49. The molecule has 96 valence electrons. The second kappa shape index (κ2) is 5.20. The summed E-state index contributed by atoms with van der Waals surface area (Å²) in [5.74, 6) is 0. The topological polar surface area (TPSA) is 13.1 Å². The van der Waals surface area contributed by atoms with E-state index in [1.165, 1.54) is 5.56 Å². The monoisotopic (exact) mass is 354 g/mol. The lowest BCUT2D eigenvalue weighted by Gasteiger charge is -2.01. The van der Waals surface area contributed by atoms with Crippen LogP contribution in [0.2, 0.25) is 10.0 Å². The second-order valence-electron chi connectivity index (χ2n) is 4.22. The molecule has 0 atom stereocenters. The van der Waals surface area contributed by atoms with Crippen molar-refractivity contribution in [2.45, 2.75) is 5.33 Å². The number of rotatable bonds is 2. The van der Waals surface area contributed by atoms with Gasteiger partial charge in [-0.3, -0.25) is 0 Å². The second-order valence-corrected chi connectivity index (χ2v) is 5.56. The summed E-state index contributed by atoms with van der Waals surface area (Å²) >= 11 is 15.6. The zero-order valence-electron chi connectivity index (χ0n) is 9.79. The summed E-state index contributed by atoms with van der Waals surface area (Å²) in [6.45, 7) is 0. The van der Waals surface area contributed by atoms with Crippen LogP contribution in [0.25, 0.3) is 22.1 Å². The quantitative estimate of drug-likeness (QED) is 0.491. The highest BCUT2D eigenvalue weighted by Gasteiger charge is 2.12. The Bertz CT molecular complexity index is 732. The Morgan fingerprint density at radius 3 is 2.42 bits per heavy atom. The van der Waals surface area contributed by atoms with Crippen LogP contribution in [-0.4, -0.2) is 0 Å². The molecule has 0 spiro atoms. The lowest BCUT2D eigenvalue weighted by Crippen LogP contribution is -1.79. The highest BCUT2D eigenvalue weighted by Crippen LogP contribution is 2.37. The predicted octanol–water partition coefficient (Wildman–Crippen LogP) is 6.30. The molecule has 19 heavy (non-hydrogen) atoms. The molecule has 0 bridgehead atoms. The molecule has 1 heterocycles. The standard InChI is InChI=1S/C15H9BrCl2O/c16-7-9-1-3-10(4-2-9)12-8-19-15-11(12)5-6-13(17)14(15)18/h1-6,8H,7H2. The molecule has 1 nitrogen and oxygen atoms in total. The van der Waals surface area contributed by atoms with Crippen LogP contribution in [0.15, 0.2) is 47.1 Å². The van der Waals surface area contributed by atoms with E-state index in [9.17, 15) is 0 Å². The number of alkyl halides is 1. The Balaban J connectivity index is 2.17. The Kier molecular flexibility index (Phi) is 3.57. The van der Waals surface area contributed by atoms with Crippen LogP contribution in [0.4, 0.5) is 0 Å². The highest BCUT2D eigenvalue weighted by atomic mass is 79.9. The zero-order chi connectivity index (χ0) is 13.4. The summed E-state index contributed by atoms with van der Waals surface area (Å²) < 4.78 is 5.55. The van der Waals surface area contributed by atoms with Gasteiger partial charge in [0.05, 0.1) is 11.3 Å². The largest absolute Gasteiger partial charge is 0.462 e. The van der Waals surface area contributed by atoms with Crippen molar-refractivity contribution in [3.8, 4) is 11.1 Å². The first kappa shape index (κ1) is 13.0. The van der Waals surface area contributed by atoms with Gasteiger partial charge in [-0.05, 0) is 23.3 Å². The van der Waals surface area contributed by atoms with Crippen LogP contribution >= 0.6 is 39.1 Å². The van der Waals surface area contributed by atoms with Gasteiger partial charge in [0.25, 0.3) is 0 Å². The summed E-state index contributed by atoms with van der Waals surface area (Å²) in [4.78, 5) is 0. The summed E-state index contributed by atoms with van der Waals surface area (Å²) in [7, 11) is 0. The third kappa shape index (κ3) is 2.29. The lowest BCUT2D eigenvalue weighted by molar-refractivity contribution is 0.617. The first-order valence-electron chi connectivity index (χ1n) is 5.71. The van der Waals surface area contributed by atoms with E-state index in [1.54, 1.807) is 12.3 Å². The molecule has 0 unspecified atom stereocenters. The van der Waals surface area contributed by atoms with Crippen molar-refractivity contribution in [1.82, 2.24) is 0 Å². The van der Waals surface area contributed by atoms with Crippen molar-refractivity contribution < 1.29 is 4.42 Å². The summed E-state index contributed by atoms with van der Waals surface area (Å²) in [6, 6.07) is 12.0. The normalized spacial score (nSPS) is 11.1. The molecule has 1 aromatic heterocycles. The minimum atomic E-state index is 0.461. The van der Waals surface area contributed by atoms with Crippen molar-refractivity contribution in [2.75, 3.05) is 0 Å². The van der Waals surface area contributed by atoms with Crippen molar-refractivity contribution in [3.63, 3.8) is 0 Å². The first-order chi connectivity index (χ1) is 9.20. The minimum absolute atomic E-state index is 0.461. The van der Waals surface area contributed by atoms with Crippen LogP contribution in [-0.2, 0) is 5.33 Å². The number of furan rings is 1. The Labute approximate surface area is 129 Å². The van der Waals surface area contributed by atoms with Crippen LogP contribution in [0.1, 0.15) is 5.56 Å². The Morgan fingerprint density at radius 2 is 1.74 bits per heavy atom. The molecular formula is C15H9BrCl2O. The van der Waals surface area contributed by atoms with E-state index in [-0.39, 0.29) is 0 Å². The van der Waals surface area contributed by atoms with Gasteiger partial charge < -0.3 is 4.42 Å². The molecule has 0 aliphatic carbocycles. The summed E-state index contributed by atoms with van der Waals surface area (Å²) in [5, 5.41) is 2.79. The maximum atomic E-state index is 6.14. The molecule has 4 heteroatoms. The molecule has 3 rings (SSSR count). The maximum Gasteiger partial charge on any atom is 0.154 e. The summed E-state index contributed by atoms with van der Waals surface area (Å²) in [6.07, 6.45) is 1.72. The average molecular weight is 356 g/mol. The molecule has 0 amide bonds. The van der Waals surface area contributed by atoms with E-state index >= 15 is 0 Å². The van der Waals surface area contributed by atoms with Crippen LogP contribution in [0, 0.1) is 0 Å². The van der Waals surface area contributed by atoms with E-state index in [2.05, 4.69) is 40.2 Å². The number of hydrogen-bond donors (Lipinski definition) is 0. The van der Waals surface area contributed by atoms with E-state index < -0.39 is 0 Å². The van der Waals surface area contributed by atoms with Crippen molar-refractivity contribution in [3.05, 3.63) is 58.3 Å². The number of fused-ring (bicyclic) bond motifs is 1. The molecule has 0 aliphatic rings. The van der Waals surface area contributed by atoms with Gasteiger partial charge >= 0.3 is 0 Å². The van der Waals surface area contributed by atoms with Gasteiger partial charge in [-0.25, -0.2) is 0 Å². The fourth-order valence-electron chi connectivity index (χ4n) is 2.04. The van der Waals surface area contributed by atoms with E-state index in [0.29, 0.717) is 15.6 Å². The number of halogens is 3. The van der Waals surface area contributed by atoms with Gasteiger partial charge in [0.15, 0.2) is 5.58 Å². The van der Waals surface area contributed by atoms with Gasteiger partial charge in [0, 0.05) is 16.3 Å². The molecule has 0 saturated carbocycles. The number of benzene rings is 2. The predicted molar refractivity (Wildman–Crippen MR) is 84.3 cm³/mol.